The molecule has 0 aliphatic carbocycles. The largest absolute Gasteiger partial charge is 0.391 e. The Labute approximate surface area is 240 Å². The molecule has 3 heterocycles. The predicted molar refractivity (Wildman–Crippen MR) is 156 cm³/mol. The number of carbonyl (C=O) groups excluding carboxylic acids is 3. The summed E-state index contributed by atoms with van der Waals surface area (Å²) >= 11 is 1.61. The van der Waals surface area contributed by atoms with Crippen LogP contribution in [-0.2, 0) is 20.8 Å². The fourth-order valence-corrected chi connectivity index (χ4v) is 6.06. The first-order valence-corrected chi connectivity index (χ1v) is 14.9. The average molecular weight is 571 g/mol. The van der Waals surface area contributed by atoms with Gasteiger partial charge in [-0.1, -0.05) is 45.0 Å². The number of β-amino-alcohol motifs (C(OH)–C–C–N with tert-alkyl or cyclic N) is 1. The van der Waals surface area contributed by atoms with Crippen molar-refractivity contribution < 1.29 is 19.5 Å². The molecule has 2 aliphatic rings. The molecule has 3 atom stereocenters. The van der Waals surface area contributed by atoms with Gasteiger partial charge in [-0.05, 0) is 29.9 Å². The first-order valence-electron chi connectivity index (χ1n) is 14.0. The highest BCUT2D eigenvalue weighted by Crippen LogP contribution is 2.28. The molecular weight excluding hydrogens is 528 g/mol. The van der Waals surface area contributed by atoms with Crippen molar-refractivity contribution in [2.75, 3.05) is 45.8 Å². The zero-order chi connectivity index (χ0) is 28.9. The van der Waals surface area contributed by atoms with E-state index in [2.05, 4.69) is 38.0 Å². The fourth-order valence-electron chi connectivity index (χ4n) is 5.25. The lowest BCUT2D eigenvalue weighted by Gasteiger charge is -2.36. The van der Waals surface area contributed by atoms with Gasteiger partial charge < -0.3 is 26.0 Å². The van der Waals surface area contributed by atoms with Crippen LogP contribution in [0.4, 0.5) is 0 Å². The molecule has 0 spiro atoms. The zero-order valence-corrected chi connectivity index (χ0v) is 24.7. The van der Waals surface area contributed by atoms with Gasteiger partial charge in [-0.3, -0.25) is 19.3 Å². The number of aromatic nitrogens is 1. The maximum absolute atomic E-state index is 13.7. The van der Waals surface area contributed by atoms with Gasteiger partial charge in [-0.15, -0.1) is 11.3 Å². The Morgan fingerprint density at radius 1 is 1.18 bits per heavy atom. The lowest BCUT2D eigenvalue weighted by Crippen LogP contribution is -2.59. The summed E-state index contributed by atoms with van der Waals surface area (Å²) in [4.78, 5) is 48.7. The minimum Gasteiger partial charge on any atom is -0.391 e. The summed E-state index contributed by atoms with van der Waals surface area (Å²) in [6.07, 6.45) is 0.0231. The van der Waals surface area contributed by atoms with Crippen molar-refractivity contribution in [2.45, 2.75) is 58.7 Å². The molecule has 10 nitrogen and oxygen atoms in total. The molecule has 11 heteroatoms. The molecule has 2 fully saturated rings. The van der Waals surface area contributed by atoms with Crippen molar-refractivity contribution in [3.8, 4) is 10.4 Å². The summed E-state index contributed by atoms with van der Waals surface area (Å²) in [6.45, 7) is 11.6. The molecule has 1 aromatic heterocycles. The molecule has 1 aromatic carbocycles. The number of hydrogen-bond acceptors (Lipinski definition) is 8. The highest BCUT2D eigenvalue weighted by Gasteiger charge is 2.44. The van der Waals surface area contributed by atoms with E-state index in [4.69, 9.17) is 0 Å². The summed E-state index contributed by atoms with van der Waals surface area (Å²) in [5, 5.41) is 19.5. The smallest absolute Gasteiger partial charge is 0.246 e. The first-order chi connectivity index (χ1) is 19.0. The van der Waals surface area contributed by atoms with Gasteiger partial charge in [0.25, 0.3) is 0 Å². The van der Waals surface area contributed by atoms with E-state index < -0.39 is 23.6 Å². The molecule has 3 amide bonds. The third-order valence-electron chi connectivity index (χ3n) is 7.53. The third-order valence-corrected chi connectivity index (χ3v) is 8.51. The van der Waals surface area contributed by atoms with E-state index in [1.807, 2.05) is 45.3 Å². The van der Waals surface area contributed by atoms with E-state index in [1.54, 1.807) is 11.3 Å². The minimum absolute atomic E-state index is 0.0651. The van der Waals surface area contributed by atoms with Crippen LogP contribution in [0.1, 0.15) is 38.4 Å². The van der Waals surface area contributed by atoms with Crippen LogP contribution < -0.4 is 16.0 Å². The number of piperazine rings is 1. The van der Waals surface area contributed by atoms with E-state index in [0.717, 1.165) is 47.9 Å². The Bertz CT molecular complexity index is 1170. The van der Waals surface area contributed by atoms with Gasteiger partial charge in [0.2, 0.25) is 17.7 Å². The summed E-state index contributed by atoms with van der Waals surface area (Å²) < 4.78 is 0. The van der Waals surface area contributed by atoms with Crippen LogP contribution in [0, 0.1) is 12.3 Å². The number of rotatable bonds is 9. The standard InChI is InChI=1S/C29H42N6O4S/c1-19-25(40-18-32-19)21-7-5-20(6-8-21)9-10-31-27(38)23-15-22(36)16-35(23)28(39)26(29(2,3)4)33-24(37)17-34-13-11-30-12-14-34/h5-8,18,22-23,26,30,36H,9-17H2,1-4H3,(H,31,38)(H,33,37)/t22-,23-,26+/m0/s1. The second-order valence-corrected chi connectivity index (χ2v) is 12.6. The van der Waals surface area contributed by atoms with Crippen molar-refractivity contribution in [1.82, 2.24) is 30.7 Å². The van der Waals surface area contributed by atoms with Crippen LogP contribution in [0.25, 0.3) is 10.4 Å². The topological polar surface area (TPSA) is 127 Å². The number of nitrogens with zero attached hydrogens (tertiary/aromatic N) is 3. The van der Waals surface area contributed by atoms with Crippen LogP contribution in [0.3, 0.4) is 0 Å². The Hall–Kier alpha value is -2.86. The monoisotopic (exact) mass is 570 g/mol. The number of aryl methyl sites for hydroxylation is 1. The molecule has 2 saturated heterocycles. The summed E-state index contributed by atoms with van der Waals surface area (Å²) in [7, 11) is 0. The molecule has 0 bridgehead atoms. The highest BCUT2D eigenvalue weighted by molar-refractivity contribution is 7.13. The molecular formula is C29H42N6O4S. The van der Waals surface area contributed by atoms with Crippen LogP contribution in [0.2, 0.25) is 0 Å². The zero-order valence-electron chi connectivity index (χ0n) is 23.9. The Morgan fingerprint density at radius 3 is 2.50 bits per heavy atom. The summed E-state index contributed by atoms with van der Waals surface area (Å²) in [5.74, 6) is -0.846. The molecule has 40 heavy (non-hydrogen) atoms. The number of nitrogens with one attached hydrogen (secondary N) is 3. The number of aliphatic hydroxyl groups excluding tert-OH is 1. The van der Waals surface area contributed by atoms with Gasteiger partial charge >= 0.3 is 0 Å². The Balaban J connectivity index is 1.34. The molecule has 4 N–H and O–H groups in total. The summed E-state index contributed by atoms with van der Waals surface area (Å²) in [6, 6.07) is 6.63. The molecule has 2 aliphatic heterocycles. The SMILES string of the molecule is Cc1ncsc1-c1ccc(CCNC(=O)[C@@H]2C[C@H](O)CN2C(=O)[C@@H](NC(=O)CN2CCNCC2)C(C)(C)C)cc1. The molecule has 0 saturated carbocycles. The maximum Gasteiger partial charge on any atom is 0.246 e. The van der Waals surface area contributed by atoms with Crippen LogP contribution in [-0.4, -0.2) is 102 Å². The lowest BCUT2D eigenvalue weighted by atomic mass is 9.85. The average Bonchev–Trinajstić information content (AvgIpc) is 3.52. The van der Waals surface area contributed by atoms with Crippen molar-refractivity contribution in [3.05, 3.63) is 41.0 Å². The number of benzene rings is 1. The van der Waals surface area contributed by atoms with E-state index >= 15 is 0 Å². The van der Waals surface area contributed by atoms with Crippen molar-refractivity contribution in [1.29, 1.82) is 0 Å². The number of thiazole rings is 1. The Kier molecular flexibility index (Phi) is 9.94. The highest BCUT2D eigenvalue weighted by atomic mass is 32.1. The van der Waals surface area contributed by atoms with Crippen molar-refractivity contribution in [2.24, 2.45) is 5.41 Å². The van der Waals surface area contributed by atoms with Crippen LogP contribution in [0.15, 0.2) is 29.8 Å². The molecule has 218 valence electrons. The van der Waals surface area contributed by atoms with Crippen molar-refractivity contribution >= 4 is 29.1 Å². The quantitative estimate of drug-likeness (QED) is 0.357. The molecule has 0 unspecified atom stereocenters. The van der Waals surface area contributed by atoms with Gasteiger partial charge in [0.05, 0.1) is 28.7 Å². The third kappa shape index (κ3) is 7.66. The first kappa shape index (κ1) is 30.1. The number of hydrogen-bond donors (Lipinski definition) is 4. The van der Waals surface area contributed by atoms with E-state index in [1.165, 1.54) is 4.90 Å². The van der Waals surface area contributed by atoms with E-state index in [9.17, 15) is 19.5 Å². The van der Waals surface area contributed by atoms with Crippen molar-refractivity contribution in [3.63, 3.8) is 0 Å². The van der Waals surface area contributed by atoms with Gasteiger partial charge in [0.1, 0.15) is 12.1 Å². The van der Waals surface area contributed by atoms with Crippen LogP contribution in [0.5, 0.6) is 0 Å². The normalized spacial score (nSPS) is 20.8. The fraction of sp³-hybridized carbons (Fsp3) is 0.586. The number of likely N-dealkylation sites (tertiary alicyclic amines) is 1. The number of amides is 3. The van der Waals surface area contributed by atoms with E-state index in [-0.39, 0.29) is 37.2 Å². The molecule has 4 rings (SSSR count). The number of carbonyl (C=O) groups is 3. The number of aliphatic hydroxyl groups is 1. The second kappa shape index (κ2) is 13.2. The van der Waals surface area contributed by atoms with E-state index in [0.29, 0.717) is 13.0 Å². The maximum atomic E-state index is 13.7. The van der Waals surface area contributed by atoms with Gasteiger partial charge in [0.15, 0.2) is 0 Å². The predicted octanol–water partition coefficient (Wildman–Crippen LogP) is 1.18. The molecule has 2 aromatic rings. The van der Waals surface area contributed by atoms with Gasteiger partial charge in [0, 0.05) is 45.7 Å². The minimum atomic E-state index is -0.816. The second-order valence-electron chi connectivity index (χ2n) is 11.8. The van der Waals surface area contributed by atoms with Gasteiger partial charge in [-0.2, -0.15) is 0 Å². The van der Waals surface area contributed by atoms with Gasteiger partial charge in [-0.25, -0.2) is 4.98 Å². The molecule has 0 radical (unpaired) electrons. The Morgan fingerprint density at radius 2 is 1.88 bits per heavy atom. The lowest BCUT2D eigenvalue weighted by molar-refractivity contribution is -0.144. The summed E-state index contributed by atoms with van der Waals surface area (Å²) in [5.41, 5.74) is 4.48. The van der Waals surface area contributed by atoms with Crippen LogP contribution >= 0.6 is 11.3 Å².